The molecule has 0 aliphatic heterocycles. The highest BCUT2D eigenvalue weighted by atomic mass is 16.3. The first-order chi connectivity index (χ1) is 14.0. The molecule has 3 nitrogen and oxygen atoms in total. The fourth-order valence-electron chi connectivity index (χ4n) is 7.08. The Morgan fingerprint density at radius 2 is 1.87 bits per heavy atom. The van der Waals surface area contributed by atoms with Crippen LogP contribution in [0.4, 0.5) is 0 Å². The van der Waals surface area contributed by atoms with Gasteiger partial charge in [0.05, 0.1) is 17.8 Å². The van der Waals surface area contributed by atoms with Crippen LogP contribution >= 0.6 is 0 Å². The minimum atomic E-state index is -0.548. The summed E-state index contributed by atoms with van der Waals surface area (Å²) in [5, 5.41) is 30.2. The van der Waals surface area contributed by atoms with Gasteiger partial charge >= 0.3 is 0 Å². The molecule has 0 spiro atoms. The molecule has 0 aromatic heterocycles. The topological polar surface area (TPSA) is 60.7 Å². The number of hydrogen-bond donors (Lipinski definition) is 3. The van der Waals surface area contributed by atoms with Gasteiger partial charge in [-0.05, 0) is 102 Å². The lowest BCUT2D eigenvalue weighted by Crippen LogP contribution is -2.36. The van der Waals surface area contributed by atoms with E-state index in [1.54, 1.807) is 5.57 Å². The lowest BCUT2D eigenvalue weighted by molar-refractivity contribution is 0.0589. The van der Waals surface area contributed by atoms with E-state index in [4.69, 9.17) is 0 Å². The second-order valence-electron chi connectivity index (χ2n) is 11.7. The summed E-state index contributed by atoms with van der Waals surface area (Å²) in [7, 11) is 0. The maximum Gasteiger partial charge on any atom is 0.0602 e. The second kappa shape index (κ2) is 9.46. The van der Waals surface area contributed by atoms with Gasteiger partial charge in [0.2, 0.25) is 0 Å². The van der Waals surface area contributed by atoms with Crippen LogP contribution < -0.4 is 0 Å². The lowest BCUT2D eigenvalue weighted by Gasteiger charge is -2.44. The largest absolute Gasteiger partial charge is 0.393 e. The molecule has 0 heterocycles. The minimum Gasteiger partial charge on any atom is -0.393 e. The van der Waals surface area contributed by atoms with E-state index in [-0.39, 0.29) is 0 Å². The summed E-state index contributed by atoms with van der Waals surface area (Å²) in [5.41, 5.74) is 4.00. The van der Waals surface area contributed by atoms with Crippen molar-refractivity contribution in [2.24, 2.45) is 23.2 Å². The third-order valence-electron chi connectivity index (χ3n) is 8.64. The Hall–Kier alpha value is -0.640. The van der Waals surface area contributed by atoms with E-state index in [0.717, 1.165) is 31.6 Å². The lowest BCUT2D eigenvalue weighted by atomic mass is 9.60. The van der Waals surface area contributed by atoms with Gasteiger partial charge in [-0.25, -0.2) is 0 Å². The molecule has 0 saturated heterocycles. The summed E-state index contributed by atoms with van der Waals surface area (Å²) in [6, 6.07) is 0. The highest BCUT2D eigenvalue weighted by Crippen LogP contribution is 2.60. The molecule has 0 bridgehead atoms. The predicted octanol–water partition coefficient (Wildman–Crippen LogP) is 5.93. The Balaban J connectivity index is 1.71. The van der Waals surface area contributed by atoms with Crippen LogP contribution in [-0.4, -0.2) is 33.1 Å². The Morgan fingerprint density at radius 3 is 2.50 bits per heavy atom. The summed E-state index contributed by atoms with van der Waals surface area (Å²) in [6.45, 7) is 11.0. The van der Waals surface area contributed by atoms with Gasteiger partial charge in [-0.2, -0.15) is 0 Å². The van der Waals surface area contributed by atoms with Crippen molar-refractivity contribution < 1.29 is 15.3 Å². The average Bonchev–Trinajstić information content (AvgIpc) is 2.97. The summed E-state index contributed by atoms with van der Waals surface area (Å²) in [5.74, 6) is 2.17. The van der Waals surface area contributed by atoms with Crippen LogP contribution in [0.2, 0.25) is 0 Å². The molecule has 0 aromatic rings. The first-order valence-corrected chi connectivity index (χ1v) is 12.5. The monoisotopic (exact) mass is 418 g/mol. The summed E-state index contributed by atoms with van der Waals surface area (Å²) >= 11 is 0. The Labute approximate surface area is 184 Å². The first-order valence-electron chi connectivity index (χ1n) is 12.5. The van der Waals surface area contributed by atoms with Gasteiger partial charge in [-0.3, -0.25) is 0 Å². The highest BCUT2D eigenvalue weighted by molar-refractivity contribution is 5.32. The zero-order valence-electron chi connectivity index (χ0n) is 20.1. The molecule has 3 saturated carbocycles. The van der Waals surface area contributed by atoms with Gasteiger partial charge in [-0.15, -0.1) is 0 Å². The second-order valence-corrected chi connectivity index (χ2v) is 11.7. The van der Waals surface area contributed by atoms with E-state index in [2.05, 4.69) is 26.8 Å². The van der Waals surface area contributed by atoms with Gasteiger partial charge in [0.25, 0.3) is 0 Å². The van der Waals surface area contributed by atoms with E-state index in [1.807, 2.05) is 13.8 Å². The molecule has 3 rings (SSSR count). The van der Waals surface area contributed by atoms with Crippen molar-refractivity contribution >= 4 is 0 Å². The van der Waals surface area contributed by atoms with E-state index in [0.29, 0.717) is 23.7 Å². The van der Waals surface area contributed by atoms with Crippen molar-refractivity contribution in [1.29, 1.82) is 0 Å². The summed E-state index contributed by atoms with van der Waals surface area (Å²) in [4.78, 5) is 0. The number of fused-ring (bicyclic) bond motifs is 1. The number of allylic oxidation sites excluding steroid dienone is 3. The van der Waals surface area contributed by atoms with Gasteiger partial charge < -0.3 is 15.3 Å². The van der Waals surface area contributed by atoms with Gasteiger partial charge in [0.1, 0.15) is 0 Å². The molecular formula is C27H46O3. The number of rotatable bonds is 6. The van der Waals surface area contributed by atoms with Crippen LogP contribution in [-0.2, 0) is 0 Å². The first kappa shape index (κ1) is 24.0. The minimum absolute atomic E-state index is 0.394. The SMILES string of the molecule is CC(/C=C1\CCC[C@]2(C)[C@@H]([C@H](C)CCCC(C)(C)O)CC[C@@H]12)=C1C[C@@H](O)C[C@H](O)C1. The molecule has 0 radical (unpaired) electrons. The molecule has 3 heteroatoms. The van der Waals surface area contributed by atoms with Crippen molar-refractivity contribution in [1.82, 2.24) is 0 Å². The van der Waals surface area contributed by atoms with Gasteiger partial charge in [-0.1, -0.05) is 49.5 Å². The molecule has 6 atom stereocenters. The van der Waals surface area contributed by atoms with E-state index in [9.17, 15) is 15.3 Å². The number of hydrogen-bond acceptors (Lipinski definition) is 3. The standard InChI is InChI=1S/C27H46O3/c1-18(8-6-12-26(3,4)30)24-10-11-25-20(9-7-13-27(24,25)5)14-19(2)21-15-22(28)17-23(29)16-21/h14,18,22-25,28-30H,6-13,15-17H2,1-5H3/b20-14+/t18-,22-,23-,24-,25+,27-/m1/s1. The van der Waals surface area contributed by atoms with Crippen molar-refractivity contribution in [3.8, 4) is 0 Å². The zero-order chi connectivity index (χ0) is 22.1. The van der Waals surface area contributed by atoms with Gasteiger partial charge in [0, 0.05) is 0 Å². The van der Waals surface area contributed by atoms with Crippen LogP contribution in [0.5, 0.6) is 0 Å². The van der Waals surface area contributed by atoms with E-state index < -0.39 is 17.8 Å². The molecular weight excluding hydrogens is 372 g/mol. The van der Waals surface area contributed by atoms with Gasteiger partial charge in [0.15, 0.2) is 0 Å². The molecule has 172 valence electrons. The van der Waals surface area contributed by atoms with Crippen LogP contribution in [0.25, 0.3) is 0 Å². The molecule has 0 unspecified atom stereocenters. The van der Waals surface area contributed by atoms with Crippen molar-refractivity contribution in [3.05, 3.63) is 22.8 Å². The van der Waals surface area contributed by atoms with Crippen LogP contribution in [0.15, 0.2) is 22.8 Å². The molecule has 0 aromatic carbocycles. The predicted molar refractivity (Wildman–Crippen MR) is 124 cm³/mol. The highest BCUT2D eigenvalue weighted by Gasteiger charge is 2.50. The number of aliphatic hydroxyl groups excluding tert-OH is 2. The number of aliphatic hydroxyl groups is 3. The smallest absolute Gasteiger partial charge is 0.0602 e. The fourth-order valence-corrected chi connectivity index (χ4v) is 7.08. The Bertz CT molecular complexity index is 644. The van der Waals surface area contributed by atoms with Crippen molar-refractivity contribution in [3.63, 3.8) is 0 Å². The Morgan fingerprint density at radius 1 is 1.20 bits per heavy atom. The molecule has 3 fully saturated rings. The van der Waals surface area contributed by atoms with Crippen LogP contribution in [0.3, 0.4) is 0 Å². The molecule has 3 aliphatic carbocycles. The average molecular weight is 419 g/mol. The molecule has 0 amide bonds. The quantitative estimate of drug-likeness (QED) is 0.501. The molecule has 3 aliphatic rings. The zero-order valence-corrected chi connectivity index (χ0v) is 20.1. The van der Waals surface area contributed by atoms with Crippen molar-refractivity contribution in [2.75, 3.05) is 0 Å². The third kappa shape index (κ3) is 5.58. The van der Waals surface area contributed by atoms with E-state index in [1.165, 1.54) is 49.7 Å². The summed E-state index contributed by atoms with van der Waals surface area (Å²) in [6.07, 6.45) is 13.3. The Kier molecular flexibility index (Phi) is 7.58. The van der Waals surface area contributed by atoms with Crippen molar-refractivity contribution in [2.45, 2.75) is 123 Å². The maximum atomic E-state index is 10.1. The van der Waals surface area contributed by atoms with E-state index >= 15 is 0 Å². The normalized spacial score (nSPS) is 37.3. The molecule has 3 N–H and O–H groups in total. The fraction of sp³-hybridized carbons (Fsp3) is 0.852. The summed E-state index contributed by atoms with van der Waals surface area (Å²) < 4.78 is 0. The van der Waals surface area contributed by atoms with Crippen LogP contribution in [0, 0.1) is 23.2 Å². The third-order valence-corrected chi connectivity index (χ3v) is 8.64. The van der Waals surface area contributed by atoms with Crippen LogP contribution in [0.1, 0.15) is 105 Å². The maximum absolute atomic E-state index is 10.1. The molecule has 30 heavy (non-hydrogen) atoms.